The van der Waals surface area contributed by atoms with Gasteiger partial charge in [0.2, 0.25) is 0 Å². The van der Waals surface area contributed by atoms with E-state index in [2.05, 4.69) is 42.5 Å². The number of rotatable bonds is 1. The van der Waals surface area contributed by atoms with Crippen LogP contribution in [0.1, 0.15) is 20.8 Å². The molecule has 2 heterocycles. The van der Waals surface area contributed by atoms with Gasteiger partial charge in [-0.25, -0.2) is 0 Å². The number of nitrogens with zero attached hydrogens (tertiary/aromatic N) is 2. The number of methoxy groups -OCH3 is 1. The zero-order valence-electron chi connectivity index (χ0n) is 11.7. The van der Waals surface area contributed by atoms with E-state index in [1.807, 2.05) is 0 Å². The van der Waals surface area contributed by atoms with Crippen LogP contribution in [0.5, 0.6) is 0 Å². The van der Waals surface area contributed by atoms with Crippen LogP contribution in [0.4, 0.5) is 0 Å². The minimum atomic E-state index is -0.257. The SMILES string of the molecule is C=C1N2CCNC(C(=O)OC)C2CN1C(C)(C)C. The molecule has 18 heavy (non-hydrogen) atoms. The fraction of sp³-hybridized carbons (Fsp3) is 0.769. The molecule has 2 rings (SSSR count). The Morgan fingerprint density at radius 3 is 2.72 bits per heavy atom. The summed E-state index contributed by atoms with van der Waals surface area (Å²) in [6.07, 6.45) is 0. The summed E-state index contributed by atoms with van der Waals surface area (Å²) in [5, 5.41) is 3.25. The van der Waals surface area contributed by atoms with Crippen molar-refractivity contribution < 1.29 is 9.53 Å². The molecule has 102 valence electrons. The van der Waals surface area contributed by atoms with E-state index in [1.165, 1.54) is 7.11 Å². The third-order valence-electron chi connectivity index (χ3n) is 3.78. The summed E-state index contributed by atoms with van der Waals surface area (Å²) in [7, 11) is 1.44. The Balaban J connectivity index is 2.21. The Hall–Kier alpha value is -1.23. The summed E-state index contributed by atoms with van der Waals surface area (Å²) in [6, 6.07) is -0.134. The number of fused-ring (bicyclic) bond motifs is 1. The van der Waals surface area contributed by atoms with E-state index in [1.54, 1.807) is 0 Å². The first-order chi connectivity index (χ1) is 8.36. The molecule has 2 saturated heterocycles. The number of carbonyl (C=O) groups excluding carboxylic acids is 1. The molecule has 0 aliphatic carbocycles. The quantitative estimate of drug-likeness (QED) is 0.685. The lowest BCUT2D eigenvalue weighted by Crippen LogP contribution is -2.59. The van der Waals surface area contributed by atoms with Crippen molar-refractivity contribution in [1.82, 2.24) is 15.1 Å². The van der Waals surface area contributed by atoms with Gasteiger partial charge in [0.25, 0.3) is 0 Å². The molecule has 2 atom stereocenters. The zero-order chi connectivity index (χ0) is 13.5. The van der Waals surface area contributed by atoms with Crippen LogP contribution in [0.15, 0.2) is 12.4 Å². The van der Waals surface area contributed by atoms with Gasteiger partial charge in [0, 0.05) is 25.2 Å². The second kappa shape index (κ2) is 4.46. The molecule has 5 heteroatoms. The minimum absolute atomic E-state index is 0.0229. The van der Waals surface area contributed by atoms with E-state index < -0.39 is 0 Å². The van der Waals surface area contributed by atoms with E-state index in [0.717, 1.165) is 25.5 Å². The van der Waals surface area contributed by atoms with Crippen molar-refractivity contribution in [3.63, 3.8) is 0 Å². The molecule has 0 aromatic rings. The number of piperazine rings is 1. The van der Waals surface area contributed by atoms with Gasteiger partial charge in [0.05, 0.1) is 19.0 Å². The predicted molar refractivity (Wildman–Crippen MR) is 69.9 cm³/mol. The van der Waals surface area contributed by atoms with Crippen LogP contribution in [0.2, 0.25) is 0 Å². The molecular weight excluding hydrogens is 230 g/mol. The molecule has 2 aliphatic heterocycles. The summed E-state index contributed by atoms with van der Waals surface area (Å²) in [6.45, 7) is 13.2. The fourth-order valence-corrected chi connectivity index (χ4v) is 2.82. The van der Waals surface area contributed by atoms with Crippen LogP contribution in [0.3, 0.4) is 0 Å². The maximum Gasteiger partial charge on any atom is 0.325 e. The van der Waals surface area contributed by atoms with E-state index in [0.29, 0.717) is 0 Å². The number of hydrogen-bond donors (Lipinski definition) is 1. The molecule has 0 saturated carbocycles. The van der Waals surface area contributed by atoms with Crippen molar-refractivity contribution in [2.75, 3.05) is 26.7 Å². The summed E-state index contributed by atoms with van der Waals surface area (Å²) >= 11 is 0. The summed E-state index contributed by atoms with van der Waals surface area (Å²) in [4.78, 5) is 16.3. The molecule has 2 unspecified atom stereocenters. The Kier molecular flexibility index (Phi) is 3.27. The third kappa shape index (κ3) is 2.07. The Morgan fingerprint density at radius 1 is 1.50 bits per heavy atom. The van der Waals surface area contributed by atoms with Gasteiger partial charge in [-0.2, -0.15) is 0 Å². The Bertz CT molecular complexity index is 362. The van der Waals surface area contributed by atoms with Crippen molar-refractivity contribution in [3.8, 4) is 0 Å². The van der Waals surface area contributed by atoms with Crippen molar-refractivity contribution in [2.24, 2.45) is 0 Å². The first-order valence-electron chi connectivity index (χ1n) is 6.40. The molecule has 0 bridgehead atoms. The van der Waals surface area contributed by atoms with E-state index >= 15 is 0 Å². The van der Waals surface area contributed by atoms with Crippen LogP contribution in [0.25, 0.3) is 0 Å². The summed E-state index contributed by atoms with van der Waals surface area (Å²) in [5.41, 5.74) is 0.0229. The summed E-state index contributed by atoms with van der Waals surface area (Å²) in [5.74, 6) is 0.830. The van der Waals surface area contributed by atoms with Gasteiger partial charge >= 0.3 is 5.97 Å². The molecule has 2 aliphatic rings. The number of nitrogens with one attached hydrogen (secondary N) is 1. The Labute approximate surface area is 109 Å². The topological polar surface area (TPSA) is 44.8 Å². The normalized spacial score (nSPS) is 28.3. The number of carbonyl (C=O) groups is 1. The van der Waals surface area contributed by atoms with Crippen LogP contribution in [0, 0.1) is 0 Å². The maximum absolute atomic E-state index is 11.8. The smallest absolute Gasteiger partial charge is 0.325 e. The summed E-state index contributed by atoms with van der Waals surface area (Å²) < 4.78 is 4.88. The second-order valence-corrected chi connectivity index (χ2v) is 5.91. The zero-order valence-corrected chi connectivity index (χ0v) is 11.7. The highest BCUT2D eigenvalue weighted by molar-refractivity contribution is 5.77. The Morgan fingerprint density at radius 2 is 2.17 bits per heavy atom. The first kappa shape index (κ1) is 13.2. The van der Waals surface area contributed by atoms with Crippen LogP contribution < -0.4 is 5.32 Å². The number of hydrogen-bond acceptors (Lipinski definition) is 5. The van der Waals surface area contributed by atoms with Gasteiger partial charge in [0.15, 0.2) is 0 Å². The van der Waals surface area contributed by atoms with Gasteiger partial charge in [-0.05, 0) is 20.8 Å². The van der Waals surface area contributed by atoms with Crippen molar-refractivity contribution in [2.45, 2.75) is 38.4 Å². The molecule has 0 spiro atoms. The first-order valence-corrected chi connectivity index (χ1v) is 6.40. The van der Waals surface area contributed by atoms with Crippen molar-refractivity contribution in [3.05, 3.63) is 12.4 Å². The predicted octanol–water partition coefficient (Wildman–Crippen LogP) is 0.387. The lowest BCUT2D eigenvalue weighted by molar-refractivity contribution is -0.145. The highest BCUT2D eigenvalue weighted by atomic mass is 16.5. The molecule has 5 nitrogen and oxygen atoms in total. The largest absolute Gasteiger partial charge is 0.468 e. The van der Waals surface area contributed by atoms with Crippen LogP contribution in [-0.4, -0.2) is 60.1 Å². The minimum Gasteiger partial charge on any atom is -0.468 e. The number of esters is 1. The average Bonchev–Trinajstić information content (AvgIpc) is 2.66. The van der Waals surface area contributed by atoms with E-state index in [-0.39, 0.29) is 23.6 Å². The van der Waals surface area contributed by atoms with Crippen molar-refractivity contribution in [1.29, 1.82) is 0 Å². The van der Waals surface area contributed by atoms with Gasteiger partial charge < -0.3 is 19.9 Å². The third-order valence-corrected chi connectivity index (χ3v) is 3.78. The second-order valence-electron chi connectivity index (χ2n) is 5.91. The van der Waals surface area contributed by atoms with Crippen LogP contribution >= 0.6 is 0 Å². The molecule has 1 N–H and O–H groups in total. The van der Waals surface area contributed by atoms with Gasteiger partial charge in [-0.15, -0.1) is 0 Å². The average molecular weight is 253 g/mol. The van der Waals surface area contributed by atoms with Gasteiger partial charge in [-0.3, -0.25) is 4.79 Å². The fourth-order valence-electron chi connectivity index (χ4n) is 2.82. The van der Waals surface area contributed by atoms with E-state index in [9.17, 15) is 4.79 Å². The molecular formula is C13H23N3O2. The molecule has 0 radical (unpaired) electrons. The van der Waals surface area contributed by atoms with Gasteiger partial charge in [0.1, 0.15) is 6.04 Å². The lowest BCUT2D eigenvalue weighted by atomic mass is 10.0. The standard InChI is InChI=1S/C13H23N3O2/c1-9-15-7-6-14-11(12(17)18-5)10(15)8-16(9)13(2,3)4/h10-11,14H,1,6-8H2,2-5H3. The maximum atomic E-state index is 11.8. The van der Waals surface area contributed by atoms with Crippen molar-refractivity contribution >= 4 is 5.97 Å². The highest BCUT2D eigenvalue weighted by Crippen LogP contribution is 2.32. The van der Waals surface area contributed by atoms with Crippen LogP contribution in [-0.2, 0) is 9.53 Å². The highest BCUT2D eigenvalue weighted by Gasteiger charge is 2.46. The molecule has 0 amide bonds. The lowest BCUT2D eigenvalue weighted by Gasteiger charge is -2.37. The molecule has 2 fully saturated rings. The monoisotopic (exact) mass is 253 g/mol. The van der Waals surface area contributed by atoms with Gasteiger partial charge in [-0.1, -0.05) is 6.58 Å². The van der Waals surface area contributed by atoms with E-state index in [4.69, 9.17) is 4.74 Å². The molecule has 0 aromatic carbocycles. The number of ether oxygens (including phenoxy) is 1. The molecule has 0 aromatic heterocycles.